The van der Waals surface area contributed by atoms with E-state index in [9.17, 15) is 19.7 Å². The van der Waals surface area contributed by atoms with Crippen LogP contribution in [0, 0.1) is 21.4 Å². The second kappa shape index (κ2) is 7.21. The van der Waals surface area contributed by atoms with Gasteiger partial charge in [0, 0.05) is 12.1 Å². The van der Waals surface area contributed by atoms with E-state index in [1.807, 2.05) is 6.07 Å². The van der Waals surface area contributed by atoms with E-state index < -0.39 is 16.1 Å². The number of carbonyl (C=O) groups is 2. The third-order valence-corrected chi connectivity index (χ3v) is 4.61. The van der Waals surface area contributed by atoms with E-state index in [1.165, 1.54) is 24.3 Å². The third kappa shape index (κ3) is 3.63. The number of hydrogen-bond acceptors (Lipinski definition) is 6. The van der Waals surface area contributed by atoms with Gasteiger partial charge in [0.2, 0.25) is 0 Å². The lowest BCUT2D eigenvalue weighted by molar-refractivity contribution is -0.384. The number of non-ortho nitro benzene ring substituents is 1. The molecule has 1 heterocycles. The number of nitrogens with zero attached hydrogens (tertiary/aromatic N) is 3. The quantitative estimate of drug-likeness (QED) is 0.465. The maximum atomic E-state index is 12.5. The first-order valence-corrected chi connectivity index (χ1v) is 8.28. The molecule has 1 saturated heterocycles. The molecule has 3 rings (SSSR count). The smallest absolute Gasteiger partial charge is 0.268 e. The average molecular weight is 365 g/mol. The Bertz CT molecular complexity index is 959. The highest BCUT2D eigenvalue weighted by molar-refractivity contribution is 8.18. The lowest BCUT2D eigenvalue weighted by Crippen LogP contribution is -2.27. The highest BCUT2D eigenvalue weighted by atomic mass is 32.2. The first-order valence-electron chi connectivity index (χ1n) is 7.47. The van der Waals surface area contributed by atoms with E-state index in [-0.39, 0.29) is 12.2 Å². The van der Waals surface area contributed by atoms with Gasteiger partial charge >= 0.3 is 0 Å². The molecule has 2 aromatic rings. The van der Waals surface area contributed by atoms with Crippen LogP contribution >= 0.6 is 11.8 Å². The van der Waals surface area contributed by atoms with Crippen LogP contribution < -0.4 is 0 Å². The van der Waals surface area contributed by atoms with Crippen molar-refractivity contribution in [3.05, 3.63) is 80.2 Å². The molecule has 7 nitrogen and oxygen atoms in total. The standard InChI is InChI=1S/C18H11N3O4S/c19-10-13-3-1-12(2-4-13)9-16-17(22)20(18(23)26-16)11-14-5-7-15(8-6-14)21(24)25/h1-9H,11H2. The molecule has 2 amide bonds. The fourth-order valence-electron chi connectivity index (χ4n) is 2.35. The summed E-state index contributed by atoms with van der Waals surface area (Å²) in [6.45, 7) is 0.0490. The van der Waals surface area contributed by atoms with Crippen LogP contribution in [0.4, 0.5) is 10.5 Å². The normalized spacial score (nSPS) is 15.3. The molecule has 0 unspecified atom stereocenters. The zero-order valence-electron chi connectivity index (χ0n) is 13.3. The van der Waals surface area contributed by atoms with Gasteiger partial charge in [-0.1, -0.05) is 24.3 Å². The van der Waals surface area contributed by atoms with Crippen molar-refractivity contribution in [2.24, 2.45) is 0 Å². The van der Waals surface area contributed by atoms with Crippen molar-refractivity contribution < 1.29 is 14.5 Å². The van der Waals surface area contributed by atoms with E-state index in [2.05, 4.69) is 0 Å². The summed E-state index contributed by atoms with van der Waals surface area (Å²) in [5.74, 6) is -0.414. The number of nitro groups is 1. The highest BCUT2D eigenvalue weighted by Gasteiger charge is 2.35. The van der Waals surface area contributed by atoms with Crippen molar-refractivity contribution in [2.45, 2.75) is 6.54 Å². The Balaban J connectivity index is 1.76. The van der Waals surface area contributed by atoms with Gasteiger partial charge in [0.15, 0.2) is 0 Å². The van der Waals surface area contributed by atoms with Gasteiger partial charge in [0.25, 0.3) is 16.8 Å². The second-order valence-corrected chi connectivity index (χ2v) is 6.42. The van der Waals surface area contributed by atoms with Gasteiger partial charge in [-0.3, -0.25) is 24.6 Å². The third-order valence-electron chi connectivity index (χ3n) is 3.70. The first kappa shape index (κ1) is 17.4. The van der Waals surface area contributed by atoms with Gasteiger partial charge in [-0.2, -0.15) is 5.26 Å². The van der Waals surface area contributed by atoms with Gasteiger partial charge in [-0.05, 0) is 41.1 Å². The van der Waals surface area contributed by atoms with Crippen molar-refractivity contribution in [3.63, 3.8) is 0 Å². The number of hydrogen-bond donors (Lipinski definition) is 0. The van der Waals surface area contributed by atoms with Crippen molar-refractivity contribution in [1.29, 1.82) is 5.26 Å². The number of nitro benzene ring substituents is 1. The van der Waals surface area contributed by atoms with Gasteiger partial charge < -0.3 is 0 Å². The maximum Gasteiger partial charge on any atom is 0.293 e. The summed E-state index contributed by atoms with van der Waals surface area (Å²) in [6, 6.07) is 14.4. The molecule has 128 valence electrons. The highest BCUT2D eigenvalue weighted by Crippen LogP contribution is 2.33. The SMILES string of the molecule is N#Cc1ccc(C=C2SC(=O)N(Cc3ccc([N+](=O)[O-])cc3)C2=O)cc1. The second-order valence-electron chi connectivity index (χ2n) is 5.43. The summed E-state index contributed by atoms with van der Waals surface area (Å²) in [6.07, 6.45) is 1.60. The van der Waals surface area contributed by atoms with Crippen LogP contribution in [-0.4, -0.2) is 21.0 Å². The summed E-state index contributed by atoms with van der Waals surface area (Å²) < 4.78 is 0. The minimum absolute atomic E-state index is 0.0490. The van der Waals surface area contributed by atoms with Crippen molar-refractivity contribution in [1.82, 2.24) is 4.90 Å². The van der Waals surface area contributed by atoms with Crippen LogP contribution in [0.25, 0.3) is 6.08 Å². The number of rotatable bonds is 4. The molecule has 0 spiro atoms. The molecule has 0 atom stereocenters. The monoisotopic (exact) mass is 365 g/mol. The van der Waals surface area contributed by atoms with E-state index in [0.717, 1.165) is 16.7 Å². The van der Waals surface area contributed by atoms with Crippen LogP contribution in [0.1, 0.15) is 16.7 Å². The minimum atomic E-state index is -0.510. The zero-order chi connectivity index (χ0) is 18.7. The Kier molecular flexibility index (Phi) is 4.82. The molecule has 1 aliphatic heterocycles. The molecule has 26 heavy (non-hydrogen) atoms. The van der Waals surface area contributed by atoms with Crippen molar-refractivity contribution >= 4 is 34.7 Å². The Labute approximate surface area is 152 Å². The number of imide groups is 1. The molecule has 8 heteroatoms. The van der Waals surface area contributed by atoms with E-state index >= 15 is 0 Å². The molecule has 2 aromatic carbocycles. The number of benzene rings is 2. The largest absolute Gasteiger partial charge is 0.293 e. The molecule has 0 N–H and O–H groups in total. The van der Waals surface area contributed by atoms with Gasteiger partial charge in [-0.25, -0.2) is 0 Å². The molecule has 0 radical (unpaired) electrons. The number of thioether (sulfide) groups is 1. The van der Waals surface area contributed by atoms with E-state index in [1.54, 1.807) is 30.3 Å². The Morgan fingerprint density at radius 1 is 1.12 bits per heavy atom. The minimum Gasteiger partial charge on any atom is -0.268 e. The lowest BCUT2D eigenvalue weighted by atomic mass is 10.1. The Morgan fingerprint density at radius 3 is 2.35 bits per heavy atom. The summed E-state index contributed by atoms with van der Waals surface area (Å²) in [4.78, 5) is 36.2. The lowest BCUT2D eigenvalue weighted by Gasteiger charge is -2.12. The van der Waals surface area contributed by atoms with Crippen molar-refractivity contribution in [2.75, 3.05) is 0 Å². The summed E-state index contributed by atoms with van der Waals surface area (Å²) in [5.41, 5.74) is 1.79. The fourth-order valence-corrected chi connectivity index (χ4v) is 3.19. The van der Waals surface area contributed by atoms with Crippen LogP contribution in [0.5, 0.6) is 0 Å². The van der Waals surface area contributed by atoms with Gasteiger partial charge in [-0.15, -0.1) is 0 Å². The average Bonchev–Trinajstić information content (AvgIpc) is 2.90. The van der Waals surface area contributed by atoms with Crippen molar-refractivity contribution in [3.8, 4) is 6.07 Å². The molecular formula is C18H11N3O4S. The summed E-state index contributed by atoms with van der Waals surface area (Å²) in [5, 5.41) is 19.1. The topological polar surface area (TPSA) is 104 Å². The Hall–Kier alpha value is -3.44. The predicted molar refractivity (Wildman–Crippen MR) is 95.8 cm³/mol. The van der Waals surface area contributed by atoms with Gasteiger partial charge in [0.05, 0.1) is 28.0 Å². The summed E-state index contributed by atoms with van der Waals surface area (Å²) >= 11 is 0.839. The van der Waals surface area contributed by atoms with E-state index in [0.29, 0.717) is 21.6 Å². The molecule has 1 fully saturated rings. The fraction of sp³-hybridized carbons (Fsp3) is 0.0556. The number of amides is 2. The zero-order valence-corrected chi connectivity index (χ0v) is 14.1. The van der Waals surface area contributed by atoms with Crippen LogP contribution in [0.2, 0.25) is 0 Å². The number of carbonyl (C=O) groups excluding carboxylic acids is 2. The molecule has 0 saturated carbocycles. The predicted octanol–water partition coefficient (Wildman–Crippen LogP) is 3.70. The molecular weight excluding hydrogens is 354 g/mol. The number of nitriles is 1. The molecule has 0 aromatic heterocycles. The molecule has 1 aliphatic rings. The molecule has 0 aliphatic carbocycles. The summed E-state index contributed by atoms with van der Waals surface area (Å²) in [7, 11) is 0. The van der Waals surface area contributed by atoms with Crippen LogP contribution in [0.15, 0.2) is 53.4 Å². The maximum absolute atomic E-state index is 12.5. The molecule has 0 bridgehead atoms. The van der Waals surface area contributed by atoms with Gasteiger partial charge in [0.1, 0.15) is 0 Å². The van der Waals surface area contributed by atoms with Crippen LogP contribution in [-0.2, 0) is 11.3 Å². The first-order chi connectivity index (χ1) is 12.5. The van der Waals surface area contributed by atoms with E-state index in [4.69, 9.17) is 5.26 Å². The van der Waals surface area contributed by atoms with Crippen LogP contribution in [0.3, 0.4) is 0 Å². The Morgan fingerprint density at radius 2 is 1.77 bits per heavy atom.